The van der Waals surface area contributed by atoms with Crippen molar-refractivity contribution in [1.29, 1.82) is 0 Å². The van der Waals surface area contributed by atoms with Crippen LogP contribution in [0.15, 0.2) is 24.7 Å². The van der Waals surface area contributed by atoms with Gasteiger partial charge in [-0.1, -0.05) is 0 Å². The van der Waals surface area contributed by atoms with E-state index in [0.717, 1.165) is 44.0 Å². The summed E-state index contributed by atoms with van der Waals surface area (Å²) in [5.74, 6) is 1.44. The van der Waals surface area contributed by atoms with Crippen LogP contribution in [0.25, 0.3) is 0 Å². The molecule has 4 rings (SSSR count). The van der Waals surface area contributed by atoms with Gasteiger partial charge in [0, 0.05) is 37.7 Å². The fourth-order valence-corrected chi connectivity index (χ4v) is 3.77. The number of rotatable bonds is 5. The largest absolute Gasteiger partial charge is 0.481 e. The Bertz CT molecular complexity index is 774. The minimum atomic E-state index is -0.0937. The topological polar surface area (TPSA) is 82.5 Å². The molecule has 0 N–H and O–H groups in total. The number of hydrogen-bond acceptors (Lipinski definition) is 8. The third-order valence-electron chi connectivity index (χ3n) is 5.19. The van der Waals surface area contributed by atoms with E-state index in [1.54, 1.807) is 13.3 Å². The molecular weight excluding hydrogens is 334 g/mol. The summed E-state index contributed by atoms with van der Waals surface area (Å²) in [5.41, 5.74) is 0.800. The van der Waals surface area contributed by atoms with Gasteiger partial charge in [0.2, 0.25) is 5.88 Å². The minimum absolute atomic E-state index is 0.0937. The van der Waals surface area contributed by atoms with Gasteiger partial charge in [-0.15, -0.1) is 0 Å². The molecule has 8 heteroatoms. The molecule has 0 amide bonds. The zero-order chi connectivity index (χ0) is 18.0. The number of aryl methyl sites for hydroxylation is 1. The summed E-state index contributed by atoms with van der Waals surface area (Å²) in [4.78, 5) is 19.3. The second kappa shape index (κ2) is 7.03. The zero-order valence-electron chi connectivity index (χ0n) is 15.1. The van der Waals surface area contributed by atoms with E-state index in [1.807, 2.05) is 19.1 Å². The van der Waals surface area contributed by atoms with E-state index in [-0.39, 0.29) is 11.5 Å². The van der Waals surface area contributed by atoms with Gasteiger partial charge in [0.15, 0.2) is 0 Å². The summed E-state index contributed by atoms with van der Waals surface area (Å²) in [7, 11) is 1.61. The highest BCUT2D eigenvalue weighted by Gasteiger charge is 2.49. The maximum Gasteiger partial charge on any atom is 0.316 e. The zero-order valence-corrected chi connectivity index (χ0v) is 15.1. The van der Waals surface area contributed by atoms with E-state index < -0.39 is 0 Å². The second-order valence-electron chi connectivity index (χ2n) is 6.87. The standard InChI is InChI=1S/C18H23N5O3/c1-13-3-6-19-17(22-13)26-11-18-5-8-25-14(18)4-7-23(10-18)15-9-16(24-2)21-12-20-15/h3,6,9,12,14H,4-5,7-8,10-11H2,1-2H3/t14-,18+/m1/s1. The second-order valence-corrected chi connectivity index (χ2v) is 6.87. The van der Waals surface area contributed by atoms with Gasteiger partial charge < -0.3 is 19.1 Å². The molecule has 2 aliphatic heterocycles. The number of piperidine rings is 1. The van der Waals surface area contributed by atoms with Crippen LogP contribution in [0.4, 0.5) is 5.82 Å². The molecule has 8 nitrogen and oxygen atoms in total. The van der Waals surface area contributed by atoms with Crippen LogP contribution in [0.1, 0.15) is 18.5 Å². The molecule has 2 aromatic heterocycles. The van der Waals surface area contributed by atoms with Crippen LogP contribution >= 0.6 is 0 Å². The first-order valence-electron chi connectivity index (χ1n) is 8.84. The molecule has 2 fully saturated rings. The SMILES string of the molecule is COc1cc(N2CC[C@H]3OCC[C@@]3(COc3nccc(C)n3)C2)ncn1. The molecule has 4 heterocycles. The average molecular weight is 357 g/mol. The maximum absolute atomic E-state index is 6.00. The van der Waals surface area contributed by atoms with Crippen LogP contribution in [-0.2, 0) is 4.74 Å². The normalized spacial score (nSPS) is 25.0. The molecule has 2 atom stereocenters. The molecule has 0 aliphatic carbocycles. The van der Waals surface area contributed by atoms with Crippen molar-refractivity contribution >= 4 is 5.82 Å². The van der Waals surface area contributed by atoms with E-state index in [4.69, 9.17) is 14.2 Å². The van der Waals surface area contributed by atoms with Crippen molar-refractivity contribution < 1.29 is 14.2 Å². The molecule has 26 heavy (non-hydrogen) atoms. The fourth-order valence-electron chi connectivity index (χ4n) is 3.77. The molecule has 2 aromatic rings. The molecule has 0 unspecified atom stereocenters. The Morgan fingerprint density at radius 3 is 3.12 bits per heavy atom. The third kappa shape index (κ3) is 3.29. The van der Waals surface area contributed by atoms with Gasteiger partial charge in [0.25, 0.3) is 0 Å². The predicted octanol–water partition coefficient (Wildman–Crippen LogP) is 1.65. The van der Waals surface area contributed by atoms with E-state index in [9.17, 15) is 0 Å². The number of anilines is 1. The highest BCUT2D eigenvalue weighted by Crippen LogP contribution is 2.42. The third-order valence-corrected chi connectivity index (χ3v) is 5.19. The van der Waals surface area contributed by atoms with Gasteiger partial charge in [-0.2, -0.15) is 0 Å². The lowest BCUT2D eigenvalue weighted by Gasteiger charge is -2.43. The van der Waals surface area contributed by atoms with Crippen LogP contribution in [0.2, 0.25) is 0 Å². The molecule has 0 radical (unpaired) electrons. The smallest absolute Gasteiger partial charge is 0.316 e. The van der Waals surface area contributed by atoms with E-state index >= 15 is 0 Å². The van der Waals surface area contributed by atoms with E-state index in [2.05, 4.69) is 24.8 Å². The molecule has 0 spiro atoms. The molecule has 2 aliphatic rings. The summed E-state index contributed by atoms with van der Waals surface area (Å²) in [5, 5.41) is 0. The van der Waals surface area contributed by atoms with Crippen molar-refractivity contribution in [2.45, 2.75) is 25.9 Å². The number of methoxy groups -OCH3 is 1. The Balaban J connectivity index is 1.52. The highest BCUT2D eigenvalue weighted by molar-refractivity contribution is 5.42. The Labute approximate surface area is 152 Å². The molecule has 0 bridgehead atoms. The summed E-state index contributed by atoms with van der Waals surface area (Å²) >= 11 is 0. The average Bonchev–Trinajstić information content (AvgIpc) is 3.10. The Morgan fingerprint density at radius 2 is 2.27 bits per heavy atom. The molecule has 138 valence electrons. The molecule has 0 aromatic carbocycles. The molecular formula is C18H23N5O3. The first-order valence-corrected chi connectivity index (χ1v) is 8.84. The van der Waals surface area contributed by atoms with Gasteiger partial charge in [0.05, 0.1) is 18.6 Å². The van der Waals surface area contributed by atoms with Gasteiger partial charge in [-0.3, -0.25) is 0 Å². The number of aromatic nitrogens is 4. The summed E-state index contributed by atoms with van der Waals surface area (Å²) in [6.07, 6.45) is 5.33. The van der Waals surface area contributed by atoms with Crippen molar-refractivity contribution in [3.05, 3.63) is 30.4 Å². The van der Waals surface area contributed by atoms with Crippen molar-refractivity contribution in [2.75, 3.05) is 38.3 Å². The van der Waals surface area contributed by atoms with Gasteiger partial charge in [0.1, 0.15) is 18.8 Å². The lowest BCUT2D eigenvalue weighted by molar-refractivity contribution is 0.00626. The summed E-state index contributed by atoms with van der Waals surface area (Å²) < 4.78 is 17.2. The summed E-state index contributed by atoms with van der Waals surface area (Å²) in [6, 6.07) is 4.15. The van der Waals surface area contributed by atoms with Crippen LogP contribution in [0, 0.1) is 12.3 Å². The van der Waals surface area contributed by atoms with Crippen LogP contribution < -0.4 is 14.4 Å². The molecule has 0 saturated carbocycles. The van der Waals surface area contributed by atoms with E-state index in [1.165, 1.54) is 6.33 Å². The van der Waals surface area contributed by atoms with Crippen LogP contribution in [-0.4, -0.2) is 59.5 Å². The first kappa shape index (κ1) is 17.0. The maximum atomic E-state index is 6.00. The fraction of sp³-hybridized carbons (Fsp3) is 0.556. The Kier molecular flexibility index (Phi) is 4.58. The summed E-state index contributed by atoms with van der Waals surface area (Å²) in [6.45, 7) is 4.90. The number of ether oxygens (including phenoxy) is 3. The minimum Gasteiger partial charge on any atom is -0.481 e. The van der Waals surface area contributed by atoms with Gasteiger partial charge in [-0.05, 0) is 25.8 Å². The lowest BCUT2D eigenvalue weighted by Crippen LogP contribution is -2.52. The Hall–Kier alpha value is -2.48. The lowest BCUT2D eigenvalue weighted by atomic mass is 9.77. The van der Waals surface area contributed by atoms with Crippen LogP contribution in [0.3, 0.4) is 0 Å². The predicted molar refractivity (Wildman–Crippen MR) is 94.5 cm³/mol. The number of hydrogen-bond donors (Lipinski definition) is 0. The van der Waals surface area contributed by atoms with Crippen molar-refractivity contribution in [3.8, 4) is 11.9 Å². The van der Waals surface area contributed by atoms with E-state index in [0.29, 0.717) is 18.5 Å². The monoisotopic (exact) mass is 357 g/mol. The first-order chi connectivity index (χ1) is 12.7. The quantitative estimate of drug-likeness (QED) is 0.799. The van der Waals surface area contributed by atoms with Crippen molar-refractivity contribution in [3.63, 3.8) is 0 Å². The van der Waals surface area contributed by atoms with Crippen molar-refractivity contribution in [2.24, 2.45) is 5.41 Å². The van der Waals surface area contributed by atoms with Crippen LogP contribution in [0.5, 0.6) is 11.9 Å². The Morgan fingerprint density at radius 1 is 1.35 bits per heavy atom. The highest BCUT2D eigenvalue weighted by atomic mass is 16.5. The number of nitrogens with zero attached hydrogens (tertiary/aromatic N) is 5. The number of fused-ring (bicyclic) bond motifs is 1. The van der Waals surface area contributed by atoms with Crippen molar-refractivity contribution in [1.82, 2.24) is 19.9 Å². The van der Waals surface area contributed by atoms with Gasteiger partial charge >= 0.3 is 6.01 Å². The molecule has 2 saturated heterocycles. The van der Waals surface area contributed by atoms with Gasteiger partial charge in [-0.25, -0.2) is 19.9 Å².